The fourth-order valence-corrected chi connectivity index (χ4v) is 5.45. The Bertz CT molecular complexity index is 1300. The van der Waals surface area contributed by atoms with Gasteiger partial charge in [0.15, 0.2) is 11.5 Å². The molecule has 2 unspecified atom stereocenters. The second-order valence-electron chi connectivity index (χ2n) is 9.14. The van der Waals surface area contributed by atoms with Gasteiger partial charge in [0.2, 0.25) is 0 Å². The van der Waals surface area contributed by atoms with Crippen molar-refractivity contribution in [1.29, 1.82) is 0 Å². The van der Waals surface area contributed by atoms with E-state index in [1.807, 2.05) is 17.6 Å². The maximum Gasteiger partial charge on any atom is 0.184 e. The topological polar surface area (TPSA) is 100 Å². The zero-order valence-corrected chi connectivity index (χ0v) is 18.4. The summed E-state index contributed by atoms with van der Waals surface area (Å²) in [6, 6.07) is 6.07. The Labute approximate surface area is 186 Å². The van der Waals surface area contributed by atoms with E-state index in [9.17, 15) is 0 Å². The molecule has 9 nitrogen and oxygen atoms in total. The summed E-state index contributed by atoms with van der Waals surface area (Å²) in [6.45, 7) is 4.56. The first-order valence-electron chi connectivity index (χ1n) is 11.1. The van der Waals surface area contributed by atoms with Crippen LogP contribution in [0.15, 0.2) is 36.8 Å². The molecule has 0 aliphatic carbocycles. The Morgan fingerprint density at radius 2 is 1.84 bits per heavy atom. The minimum atomic E-state index is 0.458. The van der Waals surface area contributed by atoms with E-state index in [1.165, 1.54) is 25.2 Å². The van der Waals surface area contributed by atoms with Gasteiger partial charge in [0.25, 0.3) is 0 Å². The predicted octanol–water partition coefficient (Wildman–Crippen LogP) is 2.35. The Balaban J connectivity index is 1.38. The van der Waals surface area contributed by atoms with Crippen molar-refractivity contribution in [3.63, 3.8) is 0 Å². The molecule has 3 N–H and O–H groups in total. The van der Waals surface area contributed by atoms with Gasteiger partial charge in [0.05, 0.1) is 11.9 Å². The van der Waals surface area contributed by atoms with Crippen LogP contribution in [0, 0.1) is 11.8 Å². The minimum absolute atomic E-state index is 0.458. The average Bonchev–Trinajstić information content (AvgIpc) is 3.20. The summed E-state index contributed by atoms with van der Waals surface area (Å²) >= 11 is 0. The van der Waals surface area contributed by atoms with E-state index in [1.54, 1.807) is 12.4 Å². The van der Waals surface area contributed by atoms with Crippen LogP contribution in [0.3, 0.4) is 0 Å². The number of nitrogens with two attached hydrogens (primary N) is 1. The maximum absolute atomic E-state index is 5.98. The van der Waals surface area contributed by atoms with Crippen molar-refractivity contribution in [1.82, 2.24) is 29.5 Å². The van der Waals surface area contributed by atoms with Crippen molar-refractivity contribution >= 4 is 33.7 Å². The molecule has 2 bridgehead atoms. The molecule has 6 heterocycles. The third-order valence-corrected chi connectivity index (χ3v) is 6.71. The number of aromatic nitrogens is 5. The van der Waals surface area contributed by atoms with Gasteiger partial charge in [0, 0.05) is 62.0 Å². The molecule has 164 valence electrons. The number of nitrogen functional groups attached to an aromatic ring is 1. The maximum atomic E-state index is 5.98. The SMILES string of the molecule is CNc1ncc(-c2nc3ccc(N4CC5CC(CN(C)C5)C4)cn3n2)c2cc(N)ncc12. The molecular weight excluding hydrogens is 402 g/mol. The van der Waals surface area contributed by atoms with Crippen LogP contribution in [-0.2, 0) is 0 Å². The van der Waals surface area contributed by atoms with Crippen molar-refractivity contribution in [2.24, 2.45) is 11.8 Å². The van der Waals surface area contributed by atoms with Gasteiger partial charge in [0.1, 0.15) is 11.6 Å². The third kappa shape index (κ3) is 3.20. The normalized spacial score (nSPS) is 21.4. The van der Waals surface area contributed by atoms with E-state index >= 15 is 0 Å². The Kier molecular flexibility index (Phi) is 4.39. The highest BCUT2D eigenvalue weighted by atomic mass is 15.3. The van der Waals surface area contributed by atoms with Crippen LogP contribution in [-0.4, -0.2) is 69.7 Å². The second-order valence-corrected chi connectivity index (χ2v) is 9.14. The van der Waals surface area contributed by atoms with Crippen molar-refractivity contribution < 1.29 is 0 Å². The Morgan fingerprint density at radius 3 is 2.62 bits per heavy atom. The largest absolute Gasteiger partial charge is 0.384 e. The lowest BCUT2D eigenvalue weighted by molar-refractivity contribution is 0.133. The van der Waals surface area contributed by atoms with Crippen LogP contribution in [0.1, 0.15) is 6.42 Å². The zero-order valence-electron chi connectivity index (χ0n) is 18.4. The summed E-state index contributed by atoms with van der Waals surface area (Å²) in [6.07, 6.45) is 6.98. The number of hydrogen-bond donors (Lipinski definition) is 2. The third-order valence-electron chi connectivity index (χ3n) is 6.71. The van der Waals surface area contributed by atoms with Crippen molar-refractivity contribution in [2.45, 2.75) is 6.42 Å². The van der Waals surface area contributed by atoms with Gasteiger partial charge in [-0.3, -0.25) is 0 Å². The number of rotatable bonds is 3. The molecule has 0 amide bonds. The summed E-state index contributed by atoms with van der Waals surface area (Å²) < 4.78 is 1.88. The summed E-state index contributed by atoms with van der Waals surface area (Å²) in [7, 11) is 4.08. The van der Waals surface area contributed by atoms with Crippen LogP contribution in [0.25, 0.3) is 27.8 Å². The van der Waals surface area contributed by atoms with Gasteiger partial charge in [-0.2, -0.15) is 0 Å². The van der Waals surface area contributed by atoms with E-state index in [2.05, 4.69) is 50.5 Å². The fraction of sp³-hybridized carbons (Fsp3) is 0.391. The lowest BCUT2D eigenvalue weighted by atomic mass is 9.85. The molecule has 0 radical (unpaired) electrons. The first-order chi connectivity index (χ1) is 15.6. The molecule has 2 saturated heterocycles. The quantitative estimate of drug-likeness (QED) is 0.512. The average molecular weight is 430 g/mol. The molecule has 2 fully saturated rings. The van der Waals surface area contributed by atoms with Crippen molar-refractivity contribution in [3.05, 3.63) is 36.8 Å². The first-order valence-corrected chi connectivity index (χ1v) is 11.1. The molecule has 0 saturated carbocycles. The molecule has 6 rings (SSSR count). The van der Waals surface area contributed by atoms with Gasteiger partial charge >= 0.3 is 0 Å². The van der Waals surface area contributed by atoms with Crippen LogP contribution in [0.4, 0.5) is 17.3 Å². The molecule has 4 aromatic heterocycles. The molecule has 0 aromatic carbocycles. The van der Waals surface area contributed by atoms with Gasteiger partial charge in [-0.25, -0.2) is 19.5 Å². The van der Waals surface area contributed by atoms with Gasteiger partial charge < -0.3 is 20.9 Å². The number of pyridine rings is 3. The number of piperidine rings is 2. The minimum Gasteiger partial charge on any atom is -0.384 e. The molecule has 4 aromatic rings. The number of nitrogens with zero attached hydrogens (tertiary/aromatic N) is 7. The monoisotopic (exact) mass is 429 g/mol. The number of hydrogen-bond acceptors (Lipinski definition) is 8. The number of anilines is 3. The highest BCUT2D eigenvalue weighted by Gasteiger charge is 2.33. The standard InChI is InChI=1S/C23H27N9/c1-25-22-18-7-26-20(24)6-17(18)19(8-27-22)23-28-21-4-3-16(13-32(21)29-23)31-11-14-5-15(12-31)10-30(2)9-14/h3-4,6-8,13-15H,5,9-12H2,1-2H3,(H2,24,26)(H,25,27). The Hall–Kier alpha value is -3.46. The molecule has 2 aliphatic rings. The zero-order chi connectivity index (χ0) is 21.8. The molecule has 0 spiro atoms. The molecule has 2 aliphatic heterocycles. The smallest absolute Gasteiger partial charge is 0.184 e. The highest BCUT2D eigenvalue weighted by Crippen LogP contribution is 2.33. The lowest BCUT2D eigenvalue weighted by Crippen LogP contribution is -2.51. The first kappa shape index (κ1) is 19.2. The van der Waals surface area contributed by atoms with Crippen molar-refractivity contribution in [3.8, 4) is 11.4 Å². The predicted molar refractivity (Wildman–Crippen MR) is 127 cm³/mol. The Morgan fingerprint density at radius 1 is 1.03 bits per heavy atom. The van der Waals surface area contributed by atoms with Crippen LogP contribution < -0.4 is 16.0 Å². The molecule has 32 heavy (non-hydrogen) atoms. The summed E-state index contributed by atoms with van der Waals surface area (Å²) in [5.41, 5.74) is 8.84. The molecular formula is C23H27N9. The number of likely N-dealkylation sites (tertiary alicyclic amines) is 1. The highest BCUT2D eigenvalue weighted by molar-refractivity contribution is 6.01. The molecule has 9 heteroatoms. The van der Waals surface area contributed by atoms with E-state index in [4.69, 9.17) is 15.8 Å². The lowest BCUT2D eigenvalue weighted by Gasteiger charge is -2.45. The van der Waals surface area contributed by atoms with Gasteiger partial charge in [-0.1, -0.05) is 0 Å². The van der Waals surface area contributed by atoms with Crippen LogP contribution in [0.2, 0.25) is 0 Å². The van der Waals surface area contributed by atoms with E-state index < -0.39 is 0 Å². The van der Waals surface area contributed by atoms with E-state index in [-0.39, 0.29) is 0 Å². The van der Waals surface area contributed by atoms with Crippen LogP contribution >= 0.6 is 0 Å². The summed E-state index contributed by atoms with van der Waals surface area (Å²) in [5.74, 6) is 3.31. The van der Waals surface area contributed by atoms with Crippen molar-refractivity contribution in [2.75, 3.05) is 56.2 Å². The molecule has 2 atom stereocenters. The van der Waals surface area contributed by atoms with E-state index in [0.29, 0.717) is 11.6 Å². The van der Waals surface area contributed by atoms with Crippen LogP contribution in [0.5, 0.6) is 0 Å². The number of nitrogens with one attached hydrogen (secondary N) is 1. The van der Waals surface area contributed by atoms with Gasteiger partial charge in [-0.15, -0.1) is 5.10 Å². The summed E-state index contributed by atoms with van der Waals surface area (Å²) in [4.78, 5) is 18.5. The number of fused-ring (bicyclic) bond motifs is 4. The van der Waals surface area contributed by atoms with E-state index in [0.717, 1.165) is 52.7 Å². The second kappa shape index (κ2) is 7.30. The fourth-order valence-electron chi connectivity index (χ4n) is 5.45. The summed E-state index contributed by atoms with van der Waals surface area (Å²) in [5, 5.41) is 9.74. The van der Waals surface area contributed by atoms with Gasteiger partial charge in [-0.05, 0) is 43.5 Å².